The highest BCUT2D eigenvalue weighted by Gasteiger charge is 2.21. The number of nitrogens with zero attached hydrogens (tertiary/aromatic N) is 4. The van der Waals surface area contributed by atoms with Crippen LogP contribution in [0.2, 0.25) is 5.15 Å². The van der Waals surface area contributed by atoms with Crippen LogP contribution < -0.4 is 10.6 Å². The first-order valence-corrected chi connectivity index (χ1v) is 6.57. The highest BCUT2D eigenvalue weighted by Crippen LogP contribution is 2.17. The molecular weight excluding hydrogens is 280 g/mol. The summed E-state index contributed by atoms with van der Waals surface area (Å²) in [5.74, 6) is -0.313. The summed E-state index contributed by atoms with van der Waals surface area (Å²) in [4.78, 5) is 16.0. The van der Waals surface area contributed by atoms with E-state index in [1.54, 1.807) is 16.9 Å². The van der Waals surface area contributed by atoms with Crippen molar-refractivity contribution in [2.24, 2.45) is 0 Å². The van der Waals surface area contributed by atoms with Crippen LogP contribution in [-0.4, -0.2) is 39.0 Å². The van der Waals surface area contributed by atoms with Crippen LogP contribution in [-0.2, 0) is 0 Å². The number of aryl methyl sites for hydroxylation is 1. The van der Waals surface area contributed by atoms with Crippen molar-refractivity contribution in [2.45, 2.75) is 13.0 Å². The fourth-order valence-electron chi connectivity index (χ4n) is 1.84. The number of hydrogen-bond acceptors (Lipinski definition) is 5. The molecule has 2 aromatic rings. The predicted molar refractivity (Wildman–Crippen MR) is 73.9 cm³/mol. The summed E-state index contributed by atoms with van der Waals surface area (Å²) in [5, 5.41) is 14.1. The molecule has 0 saturated carbocycles. The Balaban J connectivity index is 1.71. The molecule has 8 heteroatoms. The van der Waals surface area contributed by atoms with E-state index >= 15 is 0 Å². The monoisotopic (exact) mass is 292 g/mol. The van der Waals surface area contributed by atoms with Gasteiger partial charge in [-0.05, 0) is 18.6 Å². The zero-order valence-electron chi connectivity index (χ0n) is 10.8. The Labute approximate surface area is 120 Å². The predicted octanol–water partition coefficient (Wildman–Crippen LogP) is 1.03. The second-order valence-corrected chi connectivity index (χ2v) is 5.04. The number of carbonyl (C=O) groups is 1. The number of amides is 1. The third kappa shape index (κ3) is 2.50. The van der Waals surface area contributed by atoms with Crippen LogP contribution in [0.4, 0.5) is 5.69 Å². The van der Waals surface area contributed by atoms with E-state index in [4.69, 9.17) is 11.6 Å². The number of halogens is 1. The summed E-state index contributed by atoms with van der Waals surface area (Å²) < 4.78 is 1.71. The van der Waals surface area contributed by atoms with E-state index in [-0.39, 0.29) is 17.6 Å². The smallest absolute Gasteiger partial charge is 0.277 e. The summed E-state index contributed by atoms with van der Waals surface area (Å²) >= 11 is 5.84. The average Bonchev–Trinajstić information content (AvgIpc) is 2.81. The zero-order valence-corrected chi connectivity index (χ0v) is 11.6. The van der Waals surface area contributed by atoms with Gasteiger partial charge in [0.1, 0.15) is 5.15 Å². The second-order valence-electron chi connectivity index (χ2n) is 4.68. The minimum atomic E-state index is -0.313. The van der Waals surface area contributed by atoms with Crippen LogP contribution in [0, 0.1) is 6.92 Å². The summed E-state index contributed by atoms with van der Waals surface area (Å²) in [6.07, 6.45) is 3.16. The lowest BCUT2D eigenvalue weighted by atomic mass is 10.2. The molecule has 1 amide bonds. The maximum Gasteiger partial charge on any atom is 0.277 e. The van der Waals surface area contributed by atoms with Crippen molar-refractivity contribution >= 4 is 23.2 Å². The Morgan fingerprint density at radius 1 is 1.55 bits per heavy atom. The number of pyridine rings is 1. The Morgan fingerprint density at radius 2 is 2.35 bits per heavy atom. The SMILES string of the molecule is Cc1cc(NC(=O)c2cn(C3CNC3)nn2)cnc1Cl. The topological polar surface area (TPSA) is 84.7 Å². The lowest BCUT2D eigenvalue weighted by Gasteiger charge is -2.26. The molecule has 1 saturated heterocycles. The first-order valence-electron chi connectivity index (χ1n) is 6.19. The molecule has 104 valence electrons. The van der Waals surface area contributed by atoms with Gasteiger partial charge in [0.05, 0.1) is 24.1 Å². The van der Waals surface area contributed by atoms with Crippen LogP contribution in [0.1, 0.15) is 22.1 Å². The molecule has 0 aromatic carbocycles. The van der Waals surface area contributed by atoms with E-state index in [9.17, 15) is 4.79 Å². The van der Waals surface area contributed by atoms with Crippen LogP contribution in [0.15, 0.2) is 18.5 Å². The highest BCUT2D eigenvalue weighted by atomic mass is 35.5. The molecule has 7 nitrogen and oxygen atoms in total. The Bertz CT molecular complexity index is 651. The molecular formula is C12H13ClN6O. The summed E-state index contributed by atoms with van der Waals surface area (Å²) in [5.41, 5.74) is 1.66. The molecule has 0 aliphatic carbocycles. The third-order valence-electron chi connectivity index (χ3n) is 3.15. The molecule has 0 spiro atoms. The average molecular weight is 293 g/mol. The molecule has 2 aromatic heterocycles. The van der Waals surface area contributed by atoms with Gasteiger partial charge in [0, 0.05) is 13.1 Å². The molecule has 1 aliphatic heterocycles. The second kappa shape index (κ2) is 5.18. The minimum absolute atomic E-state index is 0.281. The van der Waals surface area contributed by atoms with Crippen LogP contribution in [0.5, 0.6) is 0 Å². The first kappa shape index (κ1) is 13.0. The fraction of sp³-hybridized carbons (Fsp3) is 0.333. The van der Waals surface area contributed by atoms with Gasteiger partial charge in [0.2, 0.25) is 0 Å². The maximum absolute atomic E-state index is 12.0. The molecule has 0 unspecified atom stereocenters. The normalized spacial score (nSPS) is 14.9. The number of anilines is 1. The van der Waals surface area contributed by atoms with E-state index in [0.29, 0.717) is 10.8 Å². The van der Waals surface area contributed by atoms with Crippen molar-refractivity contribution in [2.75, 3.05) is 18.4 Å². The fourth-order valence-corrected chi connectivity index (χ4v) is 1.94. The number of rotatable bonds is 3. The maximum atomic E-state index is 12.0. The summed E-state index contributed by atoms with van der Waals surface area (Å²) in [6, 6.07) is 2.04. The van der Waals surface area contributed by atoms with Gasteiger partial charge in [-0.2, -0.15) is 0 Å². The van der Waals surface area contributed by atoms with Gasteiger partial charge in [-0.25, -0.2) is 9.67 Å². The number of carbonyl (C=O) groups excluding carboxylic acids is 1. The third-order valence-corrected chi connectivity index (χ3v) is 3.54. The molecule has 3 heterocycles. The van der Waals surface area contributed by atoms with E-state index in [1.165, 1.54) is 6.20 Å². The van der Waals surface area contributed by atoms with Crippen LogP contribution >= 0.6 is 11.6 Å². The van der Waals surface area contributed by atoms with Gasteiger partial charge in [-0.3, -0.25) is 4.79 Å². The van der Waals surface area contributed by atoms with E-state index < -0.39 is 0 Å². The molecule has 0 radical (unpaired) electrons. The van der Waals surface area contributed by atoms with E-state index in [0.717, 1.165) is 18.7 Å². The standard InChI is InChI=1S/C12H13ClN6O/c1-7-2-8(3-15-11(7)13)16-12(20)10-6-19(18-17-10)9-4-14-5-9/h2-3,6,9,14H,4-5H2,1H3,(H,16,20). The quantitative estimate of drug-likeness (QED) is 0.826. The summed E-state index contributed by atoms with van der Waals surface area (Å²) in [7, 11) is 0. The van der Waals surface area contributed by atoms with Crippen molar-refractivity contribution in [3.63, 3.8) is 0 Å². The van der Waals surface area contributed by atoms with Gasteiger partial charge in [-0.15, -0.1) is 5.10 Å². The van der Waals surface area contributed by atoms with Crippen molar-refractivity contribution in [3.05, 3.63) is 34.9 Å². The van der Waals surface area contributed by atoms with Gasteiger partial charge >= 0.3 is 0 Å². The molecule has 1 fully saturated rings. The van der Waals surface area contributed by atoms with Crippen molar-refractivity contribution in [1.29, 1.82) is 0 Å². The van der Waals surface area contributed by atoms with E-state index in [1.807, 2.05) is 6.92 Å². The van der Waals surface area contributed by atoms with Crippen molar-refractivity contribution in [1.82, 2.24) is 25.3 Å². The molecule has 1 aliphatic rings. The molecule has 2 N–H and O–H groups in total. The highest BCUT2D eigenvalue weighted by molar-refractivity contribution is 6.30. The van der Waals surface area contributed by atoms with Gasteiger partial charge in [-0.1, -0.05) is 16.8 Å². The Morgan fingerprint density at radius 3 is 3.00 bits per heavy atom. The van der Waals surface area contributed by atoms with Crippen molar-refractivity contribution < 1.29 is 4.79 Å². The van der Waals surface area contributed by atoms with Gasteiger partial charge < -0.3 is 10.6 Å². The first-order chi connectivity index (χ1) is 9.63. The van der Waals surface area contributed by atoms with E-state index in [2.05, 4.69) is 25.9 Å². The Kier molecular flexibility index (Phi) is 3.37. The largest absolute Gasteiger partial charge is 0.319 e. The molecule has 0 bridgehead atoms. The summed E-state index contributed by atoms with van der Waals surface area (Å²) in [6.45, 7) is 3.53. The number of aromatic nitrogens is 4. The van der Waals surface area contributed by atoms with Crippen LogP contribution in [0.25, 0.3) is 0 Å². The molecule has 20 heavy (non-hydrogen) atoms. The van der Waals surface area contributed by atoms with Gasteiger partial charge in [0.25, 0.3) is 5.91 Å². The van der Waals surface area contributed by atoms with Crippen molar-refractivity contribution in [3.8, 4) is 0 Å². The number of nitrogens with one attached hydrogen (secondary N) is 2. The lowest BCUT2D eigenvalue weighted by molar-refractivity contribution is 0.102. The molecule has 3 rings (SSSR count). The lowest BCUT2D eigenvalue weighted by Crippen LogP contribution is -2.43. The minimum Gasteiger partial charge on any atom is -0.319 e. The molecule has 0 atom stereocenters. The number of hydrogen-bond donors (Lipinski definition) is 2. The Hall–Kier alpha value is -1.99. The van der Waals surface area contributed by atoms with Gasteiger partial charge in [0.15, 0.2) is 5.69 Å². The van der Waals surface area contributed by atoms with Crippen LogP contribution in [0.3, 0.4) is 0 Å². The zero-order chi connectivity index (χ0) is 14.1.